The summed E-state index contributed by atoms with van der Waals surface area (Å²) in [6.45, 7) is 87.3. The highest BCUT2D eigenvalue weighted by Crippen LogP contribution is 2.30. The molecule has 29 heteroatoms. The Morgan fingerprint density at radius 3 is 0.853 bits per heavy atom. The number of nitrogens with two attached hydrogens (primary N) is 4. The van der Waals surface area contributed by atoms with E-state index in [2.05, 4.69) is 223 Å². The second kappa shape index (κ2) is 65.7. The van der Waals surface area contributed by atoms with Crippen LogP contribution in [0.15, 0.2) is 0 Å². The fourth-order valence-corrected chi connectivity index (χ4v) is 66.3. The molecule has 662 valence electrons. The highest BCUT2D eigenvalue weighted by Gasteiger charge is 2.40. The van der Waals surface area contributed by atoms with Crippen LogP contribution in [0.25, 0.3) is 0 Å². The molecule has 0 atom stereocenters. The molecule has 0 aromatic carbocycles. The lowest BCUT2D eigenvalue weighted by Crippen LogP contribution is -2.52. The van der Waals surface area contributed by atoms with E-state index >= 15 is 0 Å². The molecule has 0 saturated carbocycles. The standard InChI is InChI=1S/C19H43N3OSi2.C15H39N3OSi2.C13H35NO2Si3.C13H33NOSi2.C11H29NOSi2.C9H23NOSi/c1-24(2,18-8-14-21-12-6-5-7-13-21)23-25(3,4)19-9-15-22-16-10-20-11-17-22;1-6-10-17-11-7-14-20(2,3)19-21(4,5)15-8-12-18-13-9-16;1-8-9-12-17(2,3)15-19(6,7)16-18(4,5)13-10-11-14;1-6-7-9-12-16(2,3)15-17(4,5)13-10-8-11-14;1-6-7-10-14(2,3)13-15(4,5)11-8-9-12;1-5-7-10-8-6-9-12(3,4)11-2/h20H,5-19H2,1-4H3;17-18H,6-16H2,1-5H3;8-14H2,1-7H3;6-14H2,1-5H3;6-12H2,1-5H3;10H,5-9H2,1-4H3. The van der Waals surface area contributed by atoms with Crippen LogP contribution in [0, 0.1) is 0 Å². The molecule has 0 amide bonds. The molecule has 2 aliphatic rings. The molecule has 0 aromatic rings. The molecule has 0 aliphatic carbocycles. The van der Waals surface area contributed by atoms with Gasteiger partial charge < -0.3 is 83.1 Å². The van der Waals surface area contributed by atoms with Crippen LogP contribution in [0.5, 0.6) is 0 Å². The van der Waals surface area contributed by atoms with Gasteiger partial charge in [-0.1, -0.05) is 92.4 Å². The number of hydrogen-bond donors (Lipinski definition) is 8. The third-order valence-corrected chi connectivity index (χ3v) is 64.7. The van der Waals surface area contributed by atoms with E-state index in [4.69, 9.17) is 52.1 Å². The Kier molecular flexibility index (Phi) is 70.6. The number of nitrogens with zero attached hydrogens (tertiary/aromatic N) is 2. The second-order valence-corrected chi connectivity index (χ2v) is 91.6. The zero-order valence-electron chi connectivity index (χ0n) is 79.4. The Morgan fingerprint density at radius 1 is 0.266 bits per heavy atom. The van der Waals surface area contributed by atoms with Crippen LogP contribution in [0.3, 0.4) is 0 Å². The van der Waals surface area contributed by atoms with Crippen LogP contribution in [-0.2, 0) is 29.1 Å². The molecule has 0 unspecified atom stereocenters. The van der Waals surface area contributed by atoms with E-state index in [0.29, 0.717) is 0 Å². The molecule has 2 fully saturated rings. The third-order valence-electron chi connectivity index (χ3n) is 20.4. The van der Waals surface area contributed by atoms with Crippen LogP contribution in [0.1, 0.15) is 169 Å². The van der Waals surface area contributed by atoms with Crippen molar-refractivity contribution in [3.05, 3.63) is 0 Å². The van der Waals surface area contributed by atoms with E-state index in [1.165, 1.54) is 215 Å². The topological polar surface area (TPSA) is 223 Å². The summed E-state index contributed by atoms with van der Waals surface area (Å²) in [5, 5.41) is 13.7. The summed E-state index contributed by atoms with van der Waals surface area (Å²) in [4.78, 5) is 5.28. The summed E-state index contributed by atoms with van der Waals surface area (Å²) in [6.07, 6.45) is 26.8. The van der Waals surface area contributed by atoms with Crippen molar-refractivity contribution in [3.8, 4) is 0 Å². The van der Waals surface area contributed by atoms with Crippen molar-refractivity contribution in [2.45, 2.75) is 393 Å². The van der Waals surface area contributed by atoms with Crippen molar-refractivity contribution in [2.24, 2.45) is 22.9 Å². The quantitative estimate of drug-likeness (QED) is 0.0209. The maximum absolute atomic E-state index is 6.83. The SMILES string of the molecule is CCCCC[Si](C)(C)O[Si](C)(C)CCCCN.CCCC[Si](C)(C)O[Si](C)(C)CCCN.CCCC[Si](C)(C)O[Si](C)(C)O[Si](C)(C)CCCN.CCCNCCC[Si](C)(C)OC.CCCNCCC[Si](C)(C)O[Si](C)(C)CCCNCCN.C[Si](C)(CCCN1CCCCC1)O[Si](C)(C)CCCN1CCNCC1. The van der Waals surface area contributed by atoms with Crippen LogP contribution in [0.2, 0.25) is 224 Å². The van der Waals surface area contributed by atoms with E-state index in [0.717, 1.165) is 104 Å². The molecule has 109 heavy (non-hydrogen) atoms. The van der Waals surface area contributed by atoms with Crippen molar-refractivity contribution in [3.63, 3.8) is 0 Å². The Labute approximate surface area is 696 Å². The van der Waals surface area contributed by atoms with Gasteiger partial charge in [-0.05, 0) is 379 Å². The fraction of sp³-hybridized carbons (Fsp3) is 1.00. The Hall–Kier alpha value is 1.92. The molecular weight excluding hydrogens is 1550 g/mol. The lowest BCUT2D eigenvalue weighted by Gasteiger charge is -2.38. The molecule has 2 heterocycles. The van der Waals surface area contributed by atoms with Crippen molar-refractivity contribution in [1.29, 1.82) is 0 Å². The molecule has 0 bridgehead atoms. The fourth-order valence-electron chi connectivity index (χ4n) is 15.0. The molecule has 2 saturated heterocycles. The molecule has 17 nitrogen and oxygen atoms in total. The van der Waals surface area contributed by atoms with Gasteiger partial charge in [-0.25, -0.2) is 0 Å². The van der Waals surface area contributed by atoms with Gasteiger partial charge in [0.25, 0.3) is 0 Å². The smallest absolute Gasteiger partial charge is 0.311 e. The highest BCUT2D eigenvalue weighted by atomic mass is 28.5. The van der Waals surface area contributed by atoms with Crippen LogP contribution in [0.4, 0.5) is 0 Å². The molecule has 0 aromatic heterocycles. The average molecular weight is 1750 g/mol. The lowest BCUT2D eigenvalue weighted by molar-refractivity contribution is 0.228. The first kappa shape index (κ1) is 117. The Morgan fingerprint density at radius 2 is 0.541 bits per heavy atom. The van der Waals surface area contributed by atoms with Crippen LogP contribution < -0.4 is 44.2 Å². The number of piperidine rings is 1. The van der Waals surface area contributed by atoms with Crippen molar-refractivity contribution in [1.82, 2.24) is 31.1 Å². The number of nitrogens with one attached hydrogen (secondary N) is 4. The number of piperazine rings is 1. The summed E-state index contributed by atoms with van der Waals surface area (Å²) in [6, 6.07) is 13.9. The van der Waals surface area contributed by atoms with Crippen molar-refractivity contribution in [2.75, 3.05) is 125 Å². The van der Waals surface area contributed by atoms with Crippen LogP contribution >= 0.6 is 0 Å². The van der Waals surface area contributed by atoms with E-state index in [-0.39, 0.29) is 0 Å². The Balaban J connectivity index is -0.000000616. The minimum atomic E-state index is -1.99. The van der Waals surface area contributed by atoms with Gasteiger partial charge in [0.2, 0.25) is 0 Å². The maximum Gasteiger partial charge on any atom is 0.311 e. The van der Waals surface area contributed by atoms with Gasteiger partial charge in [0.1, 0.15) is 0 Å². The minimum absolute atomic E-state index is 0.726. The summed E-state index contributed by atoms with van der Waals surface area (Å²) < 4.78 is 44.9. The molecular formula is C80H202N10O7Si12. The molecule has 0 radical (unpaired) electrons. The number of unbranched alkanes of at least 4 members (excludes halogenated alkanes) is 5. The van der Waals surface area contributed by atoms with Gasteiger partial charge in [0.05, 0.1) is 0 Å². The summed E-state index contributed by atoms with van der Waals surface area (Å²) in [7, 11) is -16.3. The predicted molar refractivity (Wildman–Crippen MR) is 522 cm³/mol. The van der Waals surface area contributed by atoms with Gasteiger partial charge >= 0.3 is 8.56 Å². The van der Waals surface area contributed by atoms with E-state index in [1.54, 1.807) is 0 Å². The van der Waals surface area contributed by atoms with Crippen molar-refractivity contribution < 1.29 is 29.1 Å². The highest BCUT2D eigenvalue weighted by molar-refractivity contribution is 6.89. The molecule has 2 rings (SSSR count). The summed E-state index contributed by atoms with van der Waals surface area (Å²) in [5.74, 6) is 0. The maximum atomic E-state index is 6.83. The first-order valence-electron chi connectivity index (χ1n) is 45.3. The minimum Gasteiger partial charge on any atom is -0.455 e. The first-order chi connectivity index (χ1) is 50.5. The number of hydrogen-bond acceptors (Lipinski definition) is 17. The van der Waals surface area contributed by atoms with Gasteiger partial charge in [0, 0.05) is 46.4 Å². The molecule has 2 aliphatic heterocycles. The second-order valence-electron chi connectivity index (χ2n) is 39.3. The monoisotopic (exact) mass is 1750 g/mol. The lowest BCUT2D eigenvalue weighted by atomic mass is 10.1. The summed E-state index contributed by atoms with van der Waals surface area (Å²) >= 11 is 0. The van der Waals surface area contributed by atoms with Crippen LogP contribution in [-0.4, -0.2) is 235 Å². The number of rotatable bonds is 59. The average Bonchev–Trinajstić information content (AvgIpc) is 0.875. The zero-order valence-corrected chi connectivity index (χ0v) is 91.4. The van der Waals surface area contributed by atoms with Crippen molar-refractivity contribution >= 4 is 100 Å². The largest absolute Gasteiger partial charge is 0.455 e. The number of likely N-dealkylation sites (tertiary alicyclic amines) is 1. The zero-order chi connectivity index (χ0) is 84.3. The molecule has 0 spiro atoms. The van der Waals surface area contributed by atoms with E-state index in [9.17, 15) is 0 Å². The van der Waals surface area contributed by atoms with Gasteiger partial charge in [-0.15, -0.1) is 0 Å². The van der Waals surface area contributed by atoms with E-state index < -0.39 is 100 Å². The van der Waals surface area contributed by atoms with Gasteiger partial charge in [0.15, 0.2) is 91.5 Å². The normalized spacial score (nSPS) is 15.0. The van der Waals surface area contributed by atoms with Gasteiger partial charge in [-0.3, -0.25) is 0 Å². The molecule has 12 N–H and O–H groups in total. The Bertz CT molecular complexity index is 1940. The third kappa shape index (κ3) is 79.5. The summed E-state index contributed by atoms with van der Waals surface area (Å²) in [5.41, 5.74) is 22.2. The first-order valence-corrected chi connectivity index (χ1v) is 82.4. The predicted octanol–water partition coefficient (Wildman–Crippen LogP) is 20.7. The van der Waals surface area contributed by atoms with Gasteiger partial charge in [-0.2, -0.15) is 0 Å². The van der Waals surface area contributed by atoms with E-state index in [1.807, 2.05) is 7.11 Å².